The molecule has 3 heterocycles. The largest absolute Gasteiger partial charge is 0.255 e. The fourth-order valence-corrected chi connectivity index (χ4v) is 3.34. The molecule has 0 fully saturated rings. The molecule has 8 heteroatoms. The molecule has 0 amide bonds. The number of rotatable bonds is 3. The highest BCUT2D eigenvalue weighted by atomic mass is 35.5. The average molecular weight is 398 g/mol. The Kier molecular flexibility index (Phi) is 5.25. The smallest absolute Gasteiger partial charge is 0.161 e. The summed E-state index contributed by atoms with van der Waals surface area (Å²) in [6.07, 6.45) is 5.31. The van der Waals surface area contributed by atoms with Gasteiger partial charge in [-0.1, -0.05) is 34.8 Å². The van der Waals surface area contributed by atoms with Crippen LogP contribution in [0.5, 0.6) is 0 Å². The van der Waals surface area contributed by atoms with Crippen LogP contribution in [0.1, 0.15) is 5.69 Å². The van der Waals surface area contributed by atoms with Crippen LogP contribution < -0.4 is 0 Å². The maximum Gasteiger partial charge on any atom is 0.161 e. The van der Waals surface area contributed by atoms with Gasteiger partial charge in [0.05, 0.1) is 32.7 Å². The van der Waals surface area contributed by atoms with E-state index in [1.807, 2.05) is 25.3 Å². The molecule has 4 nitrogen and oxygen atoms in total. The summed E-state index contributed by atoms with van der Waals surface area (Å²) < 4.78 is 0. The molecule has 0 N–H and O–H groups in total. The summed E-state index contributed by atoms with van der Waals surface area (Å²) in [6, 6.07) is 5.52. The van der Waals surface area contributed by atoms with Crippen LogP contribution in [0.15, 0.2) is 35.5 Å². The molecule has 0 bridgehead atoms. The van der Waals surface area contributed by atoms with Gasteiger partial charge in [0.25, 0.3) is 0 Å². The van der Waals surface area contributed by atoms with Crippen LogP contribution in [-0.4, -0.2) is 26.4 Å². The predicted octanol–water partition coefficient (Wildman–Crippen LogP) is 5.59. The zero-order chi connectivity index (χ0) is 17.3. The molecular weight excluding hydrogens is 387 g/mol. The van der Waals surface area contributed by atoms with Gasteiger partial charge >= 0.3 is 0 Å². The van der Waals surface area contributed by atoms with Crippen molar-refractivity contribution in [2.24, 2.45) is 0 Å². The van der Waals surface area contributed by atoms with E-state index in [9.17, 15) is 0 Å². The lowest BCUT2D eigenvalue weighted by atomic mass is 10.0. The summed E-state index contributed by atoms with van der Waals surface area (Å²) in [5.74, 6) is 0. The highest BCUT2D eigenvalue weighted by Gasteiger charge is 2.21. The standard InChI is InChI=1S/C16H11Cl3N4S/c1-8-13(12-4-3-10(24-2)7-20-12)14(16(19)23-22-8)15-11(18)5-9(17)6-21-15/h3-7H,1-2H3. The van der Waals surface area contributed by atoms with Gasteiger partial charge in [-0.05, 0) is 31.4 Å². The first-order valence-electron chi connectivity index (χ1n) is 6.86. The fraction of sp³-hybridized carbons (Fsp3) is 0.125. The number of hydrogen-bond acceptors (Lipinski definition) is 5. The molecule has 3 aromatic rings. The van der Waals surface area contributed by atoms with Crippen molar-refractivity contribution >= 4 is 46.6 Å². The molecule has 24 heavy (non-hydrogen) atoms. The molecule has 0 aliphatic rings. The Morgan fingerprint density at radius 1 is 0.958 bits per heavy atom. The van der Waals surface area contributed by atoms with Crippen molar-refractivity contribution in [1.82, 2.24) is 20.2 Å². The van der Waals surface area contributed by atoms with E-state index < -0.39 is 0 Å². The number of hydrogen-bond donors (Lipinski definition) is 0. The Morgan fingerprint density at radius 2 is 1.75 bits per heavy atom. The van der Waals surface area contributed by atoms with Gasteiger partial charge in [-0.2, -0.15) is 5.10 Å². The number of pyridine rings is 2. The minimum Gasteiger partial charge on any atom is -0.255 e. The van der Waals surface area contributed by atoms with Gasteiger partial charge in [-0.3, -0.25) is 9.97 Å². The lowest BCUT2D eigenvalue weighted by molar-refractivity contribution is 0.981. The van der Waals surface area contributed by atoms with E-state index in [0.717, 1.165) is 16.2 Å². The third-order valence-electron chi connectivity index (χ3n) is 3.38. The van der Waals surface area contributed by atoms with E-state index in [0.29, 0.717) is 27.0 Å². The molecule has 0 spiro atoms. The Hall–Kier alpha value is -1.40. The molecular formula is C16H11Cl3N4S. The minimum atomic E-state index is 0.211. The lowest BCUT2D eigenvalue weighted by Gasteiger charge is -2.13. The zero-order valence-electron chi connectivity index (χ0n) is 12.7. The Morgan fingerprint density at radius 3 is 2.38 bits per heavy atom. The van der Waals surface area contributed by atoms with E-state index >= 15 is 0 Å². The third-order valence-corrected chi connectivity index (χ3v) is 4.85. The van der Waals surface area contributed by atoms with Crippen molar-refractivity contribution in [2.75, 3.05) is 6.26 Å². The van der Waals surface area contributed by atoms with Crippen molar-refractivity contribution in [1.29, 1.82) is 0 Å². The number of aromatic nitrogens is 4. The summed E-state index contributed by atoms with van der Waals surface area (Å²) in [5.41, 5.74) is 3.25. The lowest BCUT2D eigenvalue weighted by Crippen LogP contribution is -2.00. The van der Waals surface area contributed by atoms with Crippen LogP contribution in [0.3, 0.4) is 0 Å². The molecule has 0 aliphatic carbocycles. The summed E-state index contributed by atoms with van der Waals surface area (Å²) in [7, 11) is 0. The van der Waals surface area contributed by atoms with E-state index in [1.54, 1.807) is 24.0 Å². The minimum absolute atomic E-state index is 0.211. The first-order valence-corrected chi connectivity index (χ1v) is 9.21. The molecule has 0 aromatic carbocycles. The third kappa shape index (κ3) is 3.35. The second-order valence-electron chi connectivity index (χ2n) is 4.89. The fourth-order valence-electron chi connectivity index (χ4n) is 2.28. The number of thioether (sulfide) groups is 1. The predicted molar refractivity (Wildman–Crippen MR) is 100 cm³/mol. The van der Waals surface area contributed by atoms with Crippen LogP contribution >= 0.6 is 46.6 Å². The molecule has 0 atom stereocenters. The molecule has 122 valence electrons. The molecule has 0 radical (unpaired) electrons. The van der Waals surface area contributed by atoms with Gasteiger partial charge in [0.15, 0.2) is 5.15 Å². The number of aryl methyl sites for hydroxylation is 1. The van der Waals surface area contributed by atoms with Gasteiger partial charge in [0.1, 0.15) is 0 Å². The van der Waals surface area contributed by atoms with Crippen molar-refractivity contribution in [3.05, 3.63) is 51.5 Å². The Bertz CT molecular complexity index is 901. The number of halogens is 3. The first-order chi connectivity index (χ1) is 11.5. The molecule has 0 saturated carbocycles. The van der Waals surface area contributed by atoms with Crippen LogP contribution in [0.25, 0.3) is 22.5 Å². The van der Waals surface area contributed by atoms with E-state index in [-0.39, 0.29) is 5.15 Å². The molecule has 0 unspecified atom stereocenters. The van der Waals surface area contributed by atoms with Gasteiger partial charge < -0.3 is 0 Å². The summed E-state index contributed by atoms with van der Waals surface area (Å²) in [4.78, 5) is 9.90. The van der Waals surface area contributed by atoms with Crippen molar-refractivity contribution in [3.8, 4) is 22.5 Å². The summed E-state index contributed by atoms with van der Waals surface area (Å²) in [5, 5.41) is 9.14. The summed E-state index contributed by atoms with van der Waals surface area (Å²) in [6.45, 7) is 1.84. The van der Waals surface area contributed by atoms with Crippen molar-refractivity contribution in [2.45, 2.75) is 11.8 Å². The van der Waals surface area contributed by atoms with Gasteiger partial charge in [-0.15, -0.1) is 16.9 Å². The van der Waals surface area contributed by atoms with Crippen LogP contribution in [-0.2, 0) is 0 Å². The van der Waals surface area contributed by atoms with E-state index in [1.165, 1.54) is 6.20 Å². The van der Waals surface area contributed by atoms with Crippen LogP contribution in [0.4, 0.5) is 0 Å². The quantitative estimate of drug-likeness (QED) is 0.539. The highest BCUT2D eigenvalue weighted by Crippen LogP contribution is 2.39. The van der Waals surface area contributed by atoms with Gasteiger partial charge in [0, 0.05) is 22.9 Å². The van der Waals surface area contributed by atoms with Crippen molar-refractivity contribution in [3.63, 3.8) is 0 Å². The van der Waals surface area contributed by atoms with Gasteiger partial charge in [-0.25, -0.2) is 0 Å². The monoisotopic (exact) mass is 396 g/mol. The SMILES string of the molecule is CSc1ccc(-c2c(C)nnc(Cl)c2-c2ncc(Cl)cc2Cl)nc1. The van der Waals surface area contributed by atoms with Crippen molar-refractivity contribution < 1.29 is 0 Å². The maximum absolute atomic E-state index is 6.32. The molecule has 0 saturated heterocycles. The molecule has 0 aliphatic heterocycles. The maximum atomic E-state index is 6.32. The zero-order valence-corrected chi connectivity index (χ0v) is 15.8. The topological polar surface area (TPSA) is 51.6 Å². The second-order valence-corrected chi connectivity index (χ2v) is 6.97. The van der Waals surface area contributed by atoms with Crippen LogP contribution in [0, 0.1) is 6.92 Å². The van der Waals surface area contributed by atoms with E-state index in [2.05, 4.69) is 20.2 Å². The summed E-state index contributed by atoms with van der Waals surface area (Å²) >= 11 is 20.2. The highest BCUT2D eigenvalue weighted by molar-refractivity contribution is 7.98. The number of nitrogens with zero attached hydrogens (tertiary/aromatic N) is 4. The molecule has 3 aromatic heterocycles. The van der Waals surface area contributed by atoms with Crippen LogP contribution in [0.2, 0.25) is 15.2 Å². The molecule has 3 rings (SSSR count). The van der Waals surface area contributed by atoms with Gasteiger partial charge in [0.2, 0.25) is 0 Å². The Labute approximate surface area is 158 Å². The first kappa shape index (κ1) is 17.4. The average Bonchev–Trinajstić information content (AvgIpc) is 2.57. The Balaban J connectivity index is 2.27. The van der Waals surface area contributed by atoms with E-state index in [4.69, 9.17) is 34.8 Å². The second kappa shape index (κ2) is 7.23. The normalized spacial score (nSPS) is 10.9.